The minimum absolute atomic E-state index is 0.0981. The molecule has 2 aromatic heterocycles. The molecule has 0 radical (unpaired) electrons. The van der Waals surface area contributed by atoms with Gasteiger partial charge < -0.3 is 31.0 Å². The third-order valence-electron chi connectivity index (χ3n) is 3.65. The van der Waals surface area contributed by atoms with Crippen molar-refractivity contribution < 1.29 is 19.7 Å². The number of nitrogens with zero attached hydrogens (tertiary/aromatic N) is 3. The van der Waals surface area contributed by atoms with E-state index < -0.39 is 29.7 Å². The molecular formula is C12H14ClN5O4. The molecule has 0 aromatic carbocycles. The van der Waals surface area contributed by atoms with Crippen LogP contribution in [0.2, 0.25) is 0 Å². The normalized spacial score (nSPS) is 28.3. The molecule has 3 rings (SSSR count). The Hall–Kier alpha value is -1.94. The number of aliphatic hydroxyl groups excluding tert-OH is 2. The number of aliphatic hydroxyl groups is 2. The summed E-state index contributed by atoms with van der Waals surface area (Å²) in [4.78, 5) is 19.5. The van der Waals surface area contributed by atoms with E-state index in [1.165, 1.54) is 17.1 Å². The SMILES string of the molecule is NC(=O)c1cn([C@@H]2O[C@H](CO)[C@@H](O)[C@@H]2Cl)c2ncnc(N)c12. The fourth-order valence-electron chi connectivity index (χ4n) is 2.57. The quantitative estimate of drug-likeness (QED) is 0.526. The van der Waals surface area contributed by atoms with Crippen LogP contribution in [0.5, 0.6) is 0 Å². The average Bonchev–Trinajstić information content (AvgIpc) is 3.00. The van der Waals surface area contributed by atoms with Crippen LogP contribution in [-0.4, -0.2) is 54.8 Å². The Morgan fingerprint density at radius 3 is 2.82 bits per heavy atom. The predicted molar refractivity (Wildman–Crippen MR) is 77.1 cm³/mol. The number of nitrogen functional groups attached to an aromatic ring is 1. The number of halogens is 1. The number of hydrogen-bond donors (Lipinski definition) is 4. The molecule has 0 spiro atoms. The van der Waals surface area contributed by atoms with Crippen LogP contribution in [0.4, 0.5) is 5.82 Å². The largest absolute Gasteiger partial charge is 0.394 e. The molecule has 10 heteroatoms. The van der Waals surface area contributed by atoms with Crippen LogP contribution < -0.4 is 11.5 Å². The number of nitrogens with two attached hydrogens (primary N) is 2. The van der Waals surface area contributed by atoms with Crippen LogP contribution in [0, 0.1) is 0 Å². The van der Waals surface area contributed by atoms with Gasteiger partial charge in [0.25, 0.3) is 5.91 Å². The minimum Gasteiger partial charge on any atom is -0.394 e. The molecule has 0 saturated carbocycles. The van der Waals surface area contributed by atoms with Crippen molar-refractivity contribution in [2.24, 2.45) is 5.73 Å². The molecule has 1 amide bonds. The second kappa shape index (κ2) is 5.36. The van der Waals surface area contributed by atoms with Gasteiger partial charge in [-0.2, -0.15) is 0 Å². The van der Waals surface area contributed by atoms with Crippen LogP contribution in [0.15, 0.2) is 12.5 Å². The summed E-state index contributed by atoms with van der Waals surface area (Å²) < 4.78 is 7.00. The topological polar surface area (TPSA) is 150 Å². The highest BCUT2D eigenvalue weighted by atomic mass is 35.5. The summed E-state index contributed by atoms with van der Waals surface area (Å²) in [6.45, 7) is -0.389. The number of amides is 1. The van der Waals surface area contributed by atoms with Crippen molar-refractivity contribution in [3.8, 4) is 0 Å². The Morgan fingerprint density at radius 2 is 2.23 bits per heavy atom. The van der Waals surface area contributed by atoms with E-state index >= 15 is 0 Å². The van der Waals surface area contributed by atoms with E-state index in [9.17, 15) is 15.0 Å². The summed E-state index contributed by atoms with van der Waals surface area (Å²) in [7, 11) is 0. The van der Waals surface area contributed by atoms with E-state index in [0.29, 0.717) is 11.0 Å². The number of rotatable bonds is 3. The predicted octanol–water partition coefficient (Wildman–Crippen LogP) is -1.03. The van der Waals surface area contributed by atoms with Gasteiger partial charge in [0, 0.05) is 6.20 Å². The zero-order valence-electron chi connectivity index (χ0n) is 11.3. The Bertz CT molecular complexity index is 736. The Morgan fingerprint density at radius 1 is 1.50 bits per heavy atom. The van der Waals surface area contributed by atoms with Crippen molar-refractivity contribution in [3.63, 3.8) is 0 Å². The molecule has 0 unspecified atom stereocenters. The first-order valence-electron chi connectivity index (χ1n) is 6.45. The molecule has 22 heavy (non-hydrogen) atoms. The first-order chi connectivity index (χ1) is 10.5. The summed E-state index contributed by atoms with van der Waals surface area (Å²) in [6, 6.07) is 0. The fraction of sp³-hybridized carbons (Fsp3) is 0.417. The number of ether oxygens (including phenoxy) is 1. The second-order valence-electron chi connectivity index (χ2n) is 4.95. The number of fused-ring (bicyclic) bond motifs is 1. The molecule has 9 nitrogen and oxygen atoms in total. The van der Waals surface area contributed by atoms with Crippen molar-refractivity contribution in [3.05, 3.63) is 18.1 Å². The van der Waals surface area contributed by atoms with Crippen molar-refractivity contribution in [2.45, 2.75) is 23.8 Å². The van der Waals surface area contributed by atoms with E-state index in [1.54, 1.807) is 0 Å². The lowest BCUT2D eigenvalue weighted by molar-refractivity contribution is -0.0429. The number of carbonyl (C=O) groups is 1. The van der Waals surface area contributed by atoms with Crippen LogP contribution in [0.25, 0.3) is 11.0 Å². The highest BCUT2D eigenvalue weighted by Gasteiger charge is 2.44. The van der Waals surface area contributed by atoms with Crippen LogP contribution >= 0.6 is 11.6 Å². The molecule has 0 bridgehead atoms. The van der Waals surface area contributed by atoms with Crippen molar-refractivity contribution in [2.75, 3.05) is 12.3 Å². The van der Waals surface area contributed by atoms with Gasteiger partial charge in [-0.05, 0) is 0 Å². The first-order valence-corrected chi connectivity index (χ1v) is 6.88. The number of carbonyl (C=O) groups excluding carboxylic acids is 1. The van der Waals surface area contributed by atoms with Gasteiger partial charge in [-0.15, -0.1) is 11.6 Å². The lowest BCUT2D eigenvalue weighted by Gasteiger charge is -2.16. The lowest BCUT2D eigenvalue weighted by atomic mass is 10.2. The summed E-state index contributed by atoms with van der Waals surface area (Å²) >= 11 is 6.17. The van der Waals surface area contributed by atoms with E-state index in [0.717, 1.165) is 0 Å². The van der Waals surface area contributed by atoms with Gasteiger partial charge in [0.1, 0.15) is 35.4 Å². The Kier molecular flexibility index (Phi) is 3.65. The fourth-order valence-corrected chi connectivity index (χ4v) is 2.91. The zero-order valence-corrected chi connectivity index (χ0v) is 12.0. The average molecular weight is 328 g/mol. The number of anilines is 1. The highest BCUT2D eigenvalue weighted by Crippen LogP contribution is 2.37. The zero-order chi connectivity index (χ0) is 16.0. The molecule has 3 heterocycles. The van der Waals surface area contributed by atoms with Crippen LogP contribution in [0.3, 0.4) is 0 Å². The molecule has 1 fully saturated rings. The number of aromatic nitrogens is 3. The van der Waals surface area contributed by atoms with Gasteiger partial charge in [0.2, 0.25) is 0 Å². The van der Waals surface area contributed by atoms with Gasteiger partial charge in [0.05, 0.1) is 17.6 Å². The van der Waals surface area contributed by atoms with E-state index in [-0.39, 0.29) is 18.0 Å². The summed E-state index contributed by atoms with van der Waals surface area (Å²) in [6.07, 6.45) is -0.0908. The highest BCUT2D eigenvalue weighted by molar-refractivity contribution is 6.21. The van der Waals surface area contributed by atoms with Crippen molar-refractivity contribution >= 4 is 34.4 Å². The lowest BCUT2D eigenvalue weighted by Crippen LogP contribution is -2.29. The molecule has 6 N–H and O–H groups in total. The monoisotopic (exact) mass is 327 g/mol. The Balaban J connectivity index is 2.16. The summed E-state index contributed by atoms with van der Waals surface area (Å²) in [5, 5.41) is 18.6. The summed E-state index contributed by atoms with van der Waals surface area (Å²) in [5.74, 6) is -0.602. The van der Waals surface area contributed by atoms with Crippen molar-refractivity contribution in [1.82, 2.24) is 14.5 Å². The van der Waals surface area contributed by atoms with E-state index in [1.807, 2.05) is 0 Å². The number of hydrogen-bond acceptors (Lipinski definition) is 7. The van der Waals surface area contributed by atoms with Gasteiger partial charge in [-0.1, -0.05) is 0 Å². The molecular weight excluding hydrogens is 314 g/mol. The van der Waals surface area contributed by atoms with Gasteiger partial charge in [-0.25, -0.2) is 9.97 Å². The molecule has 4 atom stereocenters. The van der Waals surface area contributed by atoms with Crippen LogP contribution in [0.1, 0.15) is 16.6 Å². The third-order valence-corrected chi connectivity index (χ3v) is 4.13. The van der Waals surface area contributed by atoms with Gasteiger partial charge in [-0.3, -0.25) is 4.79 Å². The smallest absolute Gasteiger partial charge is 0.251 e. The molecule has 1 aliphatic rings. The molecule has 1 aliphatic heterocycles. The standard InChI is InChI=1S/C12H14ClN5O4/c13-7-8(20)5(2-19)22-12(7)18-1-4(10(15)21)6-9(14)16-3-17-11(6)18/h1,3,5,7-8,12,19-20H,2H2,(H2,15,21)(H2,14,16,17)/t5-,7+,8-,12-/m1/s1. The maximum absolute atomic E-state index is 11.6. The molecule has 2 aromatic rings. The number of alkyl halides is 1. The summed E-state index contributed by atoms with van der Waals surface area (Å²) in [5.41, 5.74) is 11.6. The third kappa shape index (κ3) is 2.10. The Labute approximate surface area is 129 Å². The number of primary amides is 1. The maximum atomic E-state index is 11.6. The first kappa shape index (κ1) is 15.0. The van der Waals surface area contributed by atoms with E-state index in [4.69, 9.17) is 27.8 Å². The second-order valence-corrected chi connectivity index (χ2v) is 5.46. The molecule has 118 valence electrons. The van der Waals surface area contributed by atoms with Gasteiger partial charge in [0.15, 0.2) is 6.23 Å². The van der Waals surface area contributed by atoms with Gasteiger partial charge >= 0.3 is 0 Å². The molecule has 0 aliphatic carbocycles. The van der Waals surface area contributed by atoms with E-state index in [2.05, 4.69) is 9.97 Å². The van der Waals surface area contributed by atoms with Crippen molar-refractivity contribution in [1.29, 1.82) is 0 Å². The maximum Gasteiger partial charge on any atom is 0.251 e. The minimum atomic E-state index is -1.06. The van der Waals surface area contributed by atoms with Crippen LogP contribution in [-0.2, 0) is 4.74 Å². The molecule has 1 saturated heterocycles.